The molecule has 4 heteroatoms. The Bertz CT molecular complexity index is 695. The van der Waals surface area contributed by atoms with Crippen LogP contribution in [0.4, 0.5) is 11.6 Å². The fraction of sp³-hybridized carbons (Fsp3) is 0.125. The summed E-state index contributed by atoms with van der Waals surface area (Å²) in [5.74, 6) is 1.52. The number of imidazole rings is 1. The minimum absolute atomic E-state index is 0.631. The van der Waals surface area contributed by atoms with Gasteiger partial charge >= 0.3 is 0 Å². The third-order valence-electron chi connectivity index (χ3n) is 3.02. The van der Waals surface area contributed by atoms with Crippen LogP contribution in [0, 0.1) is 0 Å². The number of fused-ring (bicyclic) bond motifs is 1. The first-order valence-corrected chi connectivity index (χ1v) is 6.69. The average Bonchev–Trinajstić information content (AvgIpc) is 2.90. The predicted octanol–water partition coefficient (Wildman–Crippen LogP) is 4.12. The number of aromatic nitrogens is 2. The van der Waals surface area contributed by atoms with E-state index in [1.807, 2.05) is 54.6 Å². The van der Waals surface area contributed by atoms with Gasteiger partial charge in [-0.15, -0.1) is 0 Å². The number of hydrogen-bond donors (Lipinski definition) is 2. The largest absolute Gasteiger partial charge is 0.344 e. The molecular weight excluding hydrogens is 248 g/mol. The lowest BCUT2D eigenvalue weighted by molar-refractivity contribution is 1.20. The molecule has 0 bridgehead atoms. The van der Waals surface area contributed by atoms with E-state index < -0.39 is 0 Å². The molecule has 0 radical (unpaired) electrons. The summed E-state index contributed by atoms with van der Waals surface area (Å²) in [5.41, 5.74) is 2.96. The summed E-state index contributed by atoms with van der Waals surface area (Å²) in [5, 5.41) is 3.31. The number of nitrogens with zero attached hydrogens (tertiary/aromatic N) is 2. The number of amidine groups is 1. The van der Waals surface area contributed by atoms with Crippen molar-refractivity contribution in [2.24, 2.45) is 4.99 Å². The Hall–Kier alpha value is -2.62. The highest BCUT2D eigenvalue weighted by Gasteiger charge is 2.02. The second-order valence-corrected chi connectivity index (χ2v) is 4.48. The molecule has 3 rings (SSSR count). The van der Waals surface area contributed by atoms with Gasteiger partial charge in [0.2, 0.25) is 5.95 Å². The molecule has 0 atom stereocenters. The van der Waals surface area contributed by atoms with Gasteiger partial charge in [0.1, 0.15) is 5.84 Å². The SMILES string of the molecule is CC/C(=N/c1nc2ccccc2[nH]1)Nc1ccccc1. The fourth-order valence-electron chi connectivity index (χ4n) is 2.00. The number of benzene rings is 2. The molecule has 0 aliphatic heterocycles. The molecule has 0 saturated heterocycles. The van der Waals surface area contributed by atoms with Gasteiger partial charge in [0.25, 0.3) is 0 Å². The summed E-state index contributed by atoms with van der Waals surface area (Å²) < 4.78 is 0. The smallest absolute Gasteiger partial charge is 0.229 e. The molecular formula is C16H16N4. The zero-order valence-electron chi connectivity index (χ0n) is 11.3. The van der Waals surface area contributed by atoms with Crippen molar-refractivity contribution in [3.63, 3.8) is 0 Å². The standard InChI is InChI=1S/C16H16N4/c1-2-15(17-12-8-4-3-5-9-12)20-16-18-13-10-6-7-11-14(13)19-16/h3-11H,2H2,1H3,(H2,17,18,19,20). The first-order valence-electron chi connectivity index (χ1n) is 6.69. The summed E-state index contributed by atoms with van der Waals surface area (Å²) in [6.07, 6.45) is 0.811. The van der Waals surface area contributed by atoms with Gasteiger partial charge in [0, 0.05) is 12.1 Å². The lowest BCUT2D eigenvalue weighted by Crippen LogP contribution is -2.10. The van der Waals surface area contributed by atoms with E-state index in [1.165, 1.54) is 0 Å². The number of hydrogen-bond acceptors (Lipinski definition) is 2. The third-order valence-corrected chi connectivity index (χ3v) is 3.02. The topological polar surface area (TPSA) is 53.1 Å². The van der Waals surface area contributed by atoms with Gasteiger partial charge in [-0.3, -0.25) is 0 Å². The maximum absolute atomic E-state index is 4.55. The Morgan fingerprint density at radius 3 is 2.60 bits per heavy atom. The Morgan fingerprint density at radius 2 is 1.85 bits per heavy atom. The molecule has 20 heavy (non-hydrogen) atoms. The number of H-pyrrole nitrogens is 1. The van der Waals surface area contributed by atoms with Gasteiger partial charge < -0.3 is 10.3 Å². The van der Waals surface area contributed by atoms with Crippen LogP contribution in [0.3, 0.4) is 0 Å². The van der Waals surface area contributed by atoms with E-state index in [-0.39, 0.29) is 0 Å². The molecule has 0 amide bonds. The fourth-order valence-corrected chi connectivity index (χ4v) is 2.00. The average molecular weight is 264 g/mol. The number of rotatable bonds is 3. The van der Waals surface area contributed by atoms with Gasteiger partial charge in [0.05, 0.1) is 11.0 Å². The monoisotopic (exact) mass is 264 g/mol. The zero-order valence-corrected chi connectivity index (χ0v) is 11.3. The number of aromatic amines is 1. The van der Waals surface area contributed by atoms with E-state index in [0.29, 0.717) is 5.95 Å². The van der Waals surface area contributed by atoms with Crippen molar-refractivity contribution < 1.29 is 0 Å². The van der Waals surface area contributed by atoms with E-state index >= 15 is 0 Å². The van der Waals surface area contributed by atoms with E-state index in [4.69, 9.17) is 0 Å². The van der Waals surface area contributed by atoms with Gasteiger partial charge in [-0.25, -0.2) is 4.98 Å². The molecule has 0 aliphatic carbocycles. The molecule has 0 unspecified atom stereocenters. The molecule has 0 aliphatic rings. The van der Waals surface area contributed by atoms with Crippen LogP contribution < -0.4 is 5.32 Å². The van der Waals surface area contributed by atoms with Crippen LogP contribution in [0.1, 0.15) is 13.3 Å². The molecule has 0 saturated carbocycles. The zero-order chi connectivity index (χ0) is 13.8. The van der Waals surface area contributed by atoms with Crippen LogP contribution in [-0.4, -0.2) is 15.8 Å². The van der Waals surface area contributed by atoms with Crippen LogP contribution >= 0.6 is 0 Å². The van der Waals surface area contributed by atoms with Crippen molar-refractivity contribution in [1.29, 1.82) is 0 Å². The van der Waals surface area contributed by atoms with Crippen LogP contribution in [0.25, 0.3) is 11.0 Å². The molecule has 4 nitrogen and oxygen atoms in total. The van der Waals surface area contributed by atoms with Crippen molar-refractivity contribution >= 4 is 28.5 Å². The maximum atomic E-state index is 4.55. The van der Waals surface area contributed by atoms with Crippen molar-refractivity contribution in [3.8, 4) is 0 Å². The second-order valence-electron chi connectivity index (χ2n) is 4.48. The summed E-state index contributed by atoms with van der Waals surface area (Å²) >= 11 is 0. The maximum Gasteiger partial charge on any atom is 0.229 e. The third kappa shape index (κ3) is 2.69. The summed E-state index contributed by atoms with van der Waals surface area (Å²) in [6, 6.07) is 17.9. The highest BCUT2D eigenvalue weighted by atomic mass is 15.1. The van der Waals surface area contributed by atoms with Gasteiger partial charge in [-0.1, -0.05) is 37.3 Å². The molecule has 1 aromatic heterocycles. The van der Waals surface area contributed by atoms with Crippen LogP contribution in [0.5, 0.6) is 0 Å². The number of para-hydroxylation sites is 3. The molecule has 2 aromatic carbocycles. The molecule has 0 spiro atoms. The lowest BCUT2D eigenvalue weighted by Gasteiger charge is -2.06. The van der Waals surface area contributed by atoms with Crippen LogP contribution in [-0.2, 0) is 0 Å². The Balaban J connectivity index is 1.88. The Labute approximate surface area is 117 Å². The quantitative estimate of drug-likeness (QED) is 0.552. The van der Waals surface area contributed by atoms with Gasteiger partial charge in [-0.2, -0.15) is 4.99 Å². The van der Waals surface area contributed by atoms with E-state index in [1.54, 1.807) is 0 Å². The molecule has 100 valence electrons. The van der Waals surface area contributed by atoms with E-state index in [2.05, 4.69) is 27.2 Å². The molecule has 1 heterocycles. The van der Waals surface area contributed by atoms with E-state index in [0.717, 1.165) is 29.0 Å². The number of anilines is 1. The van der Waals surface area contributed by atoms with Gasteiger partial charge in [-0.05, 0) is 24.3 Å². The van der Waals surface area contributed by atoms with Gasteiger partial charge in [0.15, 0.2) is 0 Å². The minimum Gasteiger partial charge on any atom is -0.344 e. The predicted molar refractivity (Wildman–Crippen MR) is 83.5 cm³/mol. The van der Waals surface area contributed by atoms with Crippen LogP contribution in [0.15, 0.2) is 59.6 Å². The first-order chi connectivity index (χ1) is 9.85. The summed E-state index contributed by atoms with van der Waals surface area (Å²) in [6.45, 7) is 2.07. The minimum atomic E-state index is 0.631. The second kappa shape index (κ2) is 5.57. The summed E-state index contributed by atoms with van der Waals surface area (Å²) in [4.78, 5) is 12.2. The first kappa shape index (κ1) is 12.4. The van der Waals surface area contributed by atoms with Crippen molar-refractivity contribution in [3.05, 3.63) is 54.6 Å². The van der Waals surface area contributed by atoms with Crippen molar-refractivity contribution in [1.82, 2.24) is 9.97 Å². The van der Waals surface area contributed by atoms with E-state index in [9.17, 15) is 0 Å². The van der Waals surface area contributed by atoms with Crippen molar-refractivity contribution in [2.45, 2.75) is 13.3 Å². The summed E-state index contributed by atoms with van der Waals surface area (Å²) in [7, 11) is 0. The lowest BCUT2D eigenvalue weighted by atomic mass is 10.3. The number of aliphatic imine (C=N–C) groups is 1. The van der Waals surface area contributed by atoms with Crippen molar-refractivity contribution in [2.75, 3.05) is 5.32 Å². The molecule has 3 aromatic rings. The normalized spacial score (nSPS) is 11.8. The molecule has 2 N–H and O–H groups in total. The Morgan fingerprint density at radius 1 is 1.10 bits per heavy atom. The van der Waals surface area contributed by atoms with Crippen LogP contribution in [0.2, 0.25) is 0 Å². The molecule has 0 fully saturated rings. The highest BCUT2D eigenvalue weighted by Crippen LogP contribution is 2.16. The highest BCUT2D eigenvalue weighted by molar-refractivity contribution is 5.96. The Kier molecular flexibility index (Phi) is 3.46. The number of nitrogens with one attached hydrogen (secondary N) is 2.